The second-order valence-electron chi connectivity index (χ2n) is 4.72. The molecule has 1 aromatic carbocycles. The van der Waals surface area contributed by atoms with Crippen LogP contribution in [0.4, 0.5) is 5.69 Å². The van der Waals surface area contributed by atoms with Gasteiger partial charge in [0.15, 0.2) is 5.96 Å². The number of rotatable bonds is 5. The topological polar surface area (TPSA) is 79.6 Å². The first kappa shape index (κ1) is 16.0. The highest BCUT2D eigenvalue weighted by atomic mass is 32.1. The third-order valence-electron chi connectivity index (χ3n) is 3.06. The van der Waals surface area contributed by atoms with E-state index in [1.54, 1.807) is 30.5 Å². The second kappa shape index (κ2) is 7.56. The van der Waals surface area contributed by atoms with Gasteiger partial charge >= 0.3 is 0 Å². The summed E-state index contributed by atoms with van der Waals surface area (Å²) in [5.74, 6) is 0.699. The summed E-state index contributed by atoms with van der Waals surface area (Å²) >= 11 is 1.75. The standard InChI is InChI=1S/C15H18N4O2S/c1-11-3-8-14(22-11)10-18-15(16-2)17-9-12-4-6-13(7-5-12)19(20)21/h3-8H,9-10H2,1-2H3,(H2,16,17,18). The predicted molar refractivity (Wildman–Crippen MR) is 89.2 cm³/mol. The minimum atomic E-state index is -0.402. The average molecular weight is 318 g/mol. The minimum absolute atomic E-state index is 0.0966. The first-order valence-electron chi connectivity index (χ1n) is 6.81. The van der Waals surface area contributed by atoms with Gasteiger partial charge < -0.3 is 10.6 Å². The summed E-state index contributed by atoms with van der Waals surface area (Å²) in [6, 6.07) is 10.7. The summed E-state index contributed by atoms with van der Waals surface area (Å²) in [4.78, 5) is 16.9. The Kier molecular flexibility index (Phi) is 5.48. The zero-order valence-electron chi connectivity index (χ0n) is 12.5. The third-order valence-corrected chi connectivity index (χ3v) is 4.06. The third kappa shape index (κ3) is 4.56. The van der Waals surface area contributed by atoms with E-state index in [0.717, 1.165) is 12.1 Å². The molecular weight excluding hydrogens is 300 g/mol. The maximum absolute atomic E-state index is 10.6. The van der Waals surface area contributed by atoms with Crippen LogP contribution in [0.2, 0.25) is 0 Å². The number of hydrogen-bond acceptors (Lipinski definition) is 4. The van der Waals surface area contributed by atoms with Crippen molar-refractivity contribution < 1.29 is 4.92 Å². The lowest BCUT2D eigenvalue weighted by molar-refractivity contribution is -0.384. The van der Waals surface area contributed by atoms with Gasteiger partial charge in [-0.2, -0.15) is 0 Å². The molecule has 116 valence electrons. The quantitative estimate of drug-likeness (QED) is 0.384. The highest BCUT2D eigenvalue weighted by Crippen LogP contribution is 2.14. The molecule has 2 aromatic rings. The van der Waals surface area contributed by atoms with Crippen LogP contribution < -0.4 is 10.6 Å². The molecule has 0 atom stereocenters. The Hall–Kier alpha value is -2.41. The number of nitrogens with one attached hydrogen (secondary N) is 2. The Bertz CT molecular complexity index is 664. The van der Waals surface area contributed by atoms with Crippen LogP contribution in [-0.2, 0) is 13.1 Å². The van der Waals surface area contributed by atoms with Gasteiger partial charge in [-0.1, -0.05) is 12.1 Å². The van der Waals surface area contributed by atoms with Crippen LogP contribution in [0.25, 0.3) is 0 Å². The van der Waals surface area contributed by atoms with Gasteiger partial charge in [-0.15, -0.1) is 11.3 Å². The van der Waals surface area contributed by atoms with Crippen molar-refractivity contribution in [1.29, 1.82) is 0 Å². The van der Waals surface area contributed by atoms with Crippen molar-refractivity contribution in [1.82, 2.24) is 10.6 Å². The molecule has 0 aliphatic rings. The van der Waals surface area contributed by atoms with Crippen molar-refractivity contribution in [3.63, 3.8) is 0 Å². The highest BCUT2D eigenvalue weighted by molar-refractivity contribution is 7.11. The maximum atomic E-state index is 10.6. The summed E-state index contributed by atoms with van der Waals surface area (Å²) in [7, 11) is 1.71. The molecule has 0 saturated carbocycles. The van der Waals surface area contributed by atoms with Crippen molar-refractivity contribution in [2.45, 2.75) is 20.0 Å². The van der Waals surface area contributed by atoms with Crippen molar-refractivity contribution in [2.75, 3.05) is 7.05 Å². The monoisotopic (exact) mass is 318 g/mol. The average Bonchev–Trinajstić information content (AvgIpc) is 2.93. The van der Waals surface area contributed by atoms with Crippen LogP contribution in [-0.4, -0.2) is 17.9 Å². The number of non-ortho nitro benzene ring substituents is 1. The van der Waals surface area contributed by atoms with Crippen molar-refractivity contribution in [3.05, 3.63) is 61.8 Å². The number of guanidine groups is 1. The van der Waals surface area contributed by atoms with E-state index in [9.17, 15) is 10.1 Å². The Labute approximate surface area is 133 Å². The molecule has 0 aliphatic carbocycles. The predicted octanol–water partition coefficient (Wildman–Crippen LogP) is 2.83. The first-order chi connectivity index (χ1) is 10.6. The summed E-state index contributed by atoms with van der Waals surface area (Å²) in [5, 5.41) is 17.0. The van der Waals surface area contributed by atoms with Gasteiger partial charge in [0.05, 0.1) is 11.5 Å². The first-order valence-corrected chi connectivity index (χ1v) is 7.63. The fourth-order valence-electron chi connectivity index (χ4n) is 1.89. The Balaban J connectivity index is 1.84. The van der Waals surface area contributed by atoms with E-state index in [1.165, 1.54) is 21.9 Å². The highest BCUT2D eigenvalue weighted by Gasteiger charge is 2.05. The molecule has 0 aliphatic heterocycles. The van der Waals surface area contributed by atoms with Gasteiger partial charge in [0, 0.05) is 35.5 Å². The van der Waals surface area contributed by atoms with Crippen LogP contribution in [0.15, 0.2) is 41.4 Å². The van der Waals surface area contributed by atoms with Gasteiger partial charge in [0.25, 0.3) is 5.69 Å². The van der Waals surface area contributed by atoms with Gasteiger partial charge in [-0.05, 0) is 24.6 Å². The summed E-state index contributed by atoms with van der Waals surface area (Å²) in [5.41, 5.74) is 1.06. The molecule has 0 spiro atoms. The lowest BCUT2D eigenvalue weighted by atomic mass is 10.2. The zero-order valence-corrected chi connectivity index (χ0v) is 13.3. The lowest BCUT2D eigenvalue weighted by Gasteiger charge is -2.11. The number of hydrogen-bond donors (Lipinski definition) is 2. The molecule has 22 heavy (non-hydrogen) atoms. The summed E-state index contributed by atoms with van der Waals surface area (Å²) in [6.45, 7) is 3.36. The van der Waals surface area contributed by atoms with Crippen LogP contribution in [0.1, 0.15) is 15.3 Å². The van der Waals surface area contributed by atoms with Crippen molar-refractivity contribution >= 4 is 23.0 Å². The Morgan fingerprint density at radius 1 is 1.18 bits per heavy atom. The second-order valence-corrected chi connectivity index (χ2v) is 6.09. The molecule has 0 fully saturated rings. The zero-order chi connectivity index (χ0) is 15.9. The molecule has 2 N–H and O–H groups in total. The molecule has 6 nitrogen and oxygen atoms in total. The van der Waals surface area contributed by atoms with Gasteiger partial charge in [-0.25, -0.2) is 0 Å². The van der Waals surface area contributed by atoms with E-state index in [-0.39, 0.29) is 5.69 Å². The largest absolute Gasteiger partial charge is 0.352 e. The molecule has 0 unspecified atom stereocenters. The summed E-state index contributed by atoms with van der Waals surface area (Å²) < 4.78 is 0. The number of aliphatic imine (C=N–C) groups is 1. The van der Waals surface area contributed by atoms with E-state index >= 15 is 0 Å². The van der Waals surface area contributed by atoms with E-state index in [0.29, 0.717) is 12.5 Å². The summed E-state index contributed by atoms with van der Waals surface area (Å²) in [6.07, 6.45) is 0. The number of nitrogens with zero attached hydrogens (tertiary/aromatic N) is 2. The van der Waals surface area contributed by atoms with Crippen molar-refractivity contribution in [3.8, 4) is 0 Å². The lowest BCUT2D eigenvalue weighted by Crippen LogP contribution is -2.36. The van der Waals surface area contributed by atoms with Crippen LogP contribution in [0.5, 0.6) is 0 Å². The van der Waals surface area contributed by atoms with Gasteiger partial charge in [0.1, 0.15) is 0 Å². The van der Waals surface area contributed by atoms with E-state index in [4.69, 9.17) is 0 Å². The van der Waals surface area contributed by atoms with Crippen LogP contribution in [0.3, 0.4) is 0 Å². The maximum Gasteiger partial charge on any atom is 0.269 e. The normalized spacial score (nSPS) is 11.3. The molecule has 2 rings (SSSR count). The van der Waals surface area contributed by atoms with Crippen LogP contribution >= 0.6 is 11.3 Å². The molecular formula is C15H18N4O2S. The van der Waals surface area contributed by atoms with Gasteiger partial charge in [0.2, 0.25) is 0 Å². The van der Waals surface area contributed by atoms with E-state index in [2.05, 4.69) is 34.7 Å². The van der Waals surface area contributed by atoms with E-state index in [1.807, 2.05) is 0 Å². The number of benzene rings is 1. The fraction of sp³-hybridized carbons (Fsp3) is 0.267. The molecule has 1 heterocycles. The fourth-order valence-corrected chi connectivity index (χ4v) is 2.72. The molecule has 0 saturated heterocycles. The van der Waals surface area contributed by atoms with Crippen LogP contribution in [0, 0.1) is 17.0 Å². The SMILES string of the molecule is CN=C(NCc1ccc([N+](=O)[O-])cc1)NCc1ccc(C)s1. The van der Waals surface area contributed by atoms with E-state index < -0.39 is 4.92 Å². The number of aryl methyl sites for hydroxylation is 1. The Morgan fingerprint density at radius 2 is 1.86 bits per heavy atom. The number of thiophene rings is 1. The molecule has 7 heteroatoms. The van der Waals surface area contributed by atoms with Gasteiger partial charge in [-0.3, -0.25) is 15.1 Å². The molecule has 0 radical (unpaired) electrons. The Morgan fingerprint density at radius 3 is 2.41 bits per heavy atom. The minimum Gasteiger partial charge on any atom is -0.352 e. The van der Waals surface area contributed by atoms with Crippen molar-refractivity contribution in [2.24, 2.45) is 4.99 Å². The molecule has 0 bridgehead atoms. The number of nitro groups is 1. The molecule has 1 aromatic heterocycles. The molecule has 0 amide bonds. The number of nitro benzene ring substituents is 1. The smallest absolute Gasteiger partial charge is 0.269 e.